The second kappa shape index (κ2) is 6.89. The lowest BCUT2D eigenvalue weighted by molar-refractivity contribution is -0.126. The first kappa shape index (κ1) is 16.0. The Labute approximate surface area is 115 Å². The van der Waals surface area contributed by atoms with Crippen LogP contribution in [0.5, 0.6) is 0 Å². The molecule has 4 N–H and O–H groups in total. The summed E-state index contributed by atoms with van der Waals surface area (Å²) < 4.78 is 0. The van der Waals surface area contributed by atoms with Gasteiger partial charge in [-0.15, -0.1) is 0 Å². The predicted octanol–water partition coefficient (Wildman–Crippen LogP) is 0.925. The van der Waals surface area contributed by atoms with Crippen molar-refractivity contribution >= 4 is 11.8 Å². The van der Waals surface area contributed by atoms with E-state index in [2.05, 4.69) is 10.6 Å². The molecule has 2 amide bonds. The first-order valence-electron chi connectivity index (χ1n) is 7.12. The Morgan fingerprint density at radius 2 is 1.74 bits per heavy atom. The normalized spacial score (nSPS) is 23.8. The summed E-state index contributed by atoms with van der Waals surface area (Å²) >= 11 is 0. The van der Waals surface area contributed by atoms with Crippen LogP contribution in [0.4, 0.5) is 0 Å². The summed E-state index contributed by atoms with van der Waals surface area (Å²) in [6.07, 6.45) is 3.89. The number of carbonyl (C=O) groups excluding carboxylic acids is 2. The molecule has 0 atom stereocenters. The smallest absolute Gasteiger partial charge is 0.223 e. The molecule has 0 bridgehead atoms. The van der Waals surface area contributed by atoms with Crippen LogP contribution in [0.3, 0.4) is 0 Å². The SMILES string of the molecule is CC(C)(C)NC(=O)CCNC(=O)C1CCC(N)CC1. The van der Waals surface area contributed by atoms with E-state index in [0.29, 0.717) is 13.0 Å². The Hall–Kier alpha value is -1.10. The lowest BCUT2D eigenvalue weighted by Gasteiger charge is -2.25. The van der Waals surface area contributed by atoms with E-state index in [0.717, 1.165) is 25.7 Å². The van der Waals surface area contributed by atoms with Gasteiger partial charge in [0, 0.05) is 30.5 Å². The van der Waals surface area contributed by atoms with Crippen LogP contribution in [-0.4, -0.2) is 29.9 Å². The van der Waals surface area contributed by atoms with Gasteiger partial charge in [0.25, 0.3) is 0 Å². The molecular weight excluding hydrogens is 242 g/mol. The molecule has 19 heavy (non-hydrogen) atoms. The topological polar surface area (TPSA) is 84.2 Å². The molecule has 5 nitrogen and oxygen atoms in total. The summed E-state index contributed by atoms with van der Waals surface area (Å²) in [5, 5.41) is 5.71. The molecule has 1 aliphatic rings. The highest BCUT2D eigenvalue weighted by Crippen LogP contribution is 2.23. The molecule has 0 unspecified atom stereocenters. The molecule has 0 aromatic heterocycles. The third kappa shape index (κ3) is 6.57. The number of nitrogens with two attached hydrogens (primary N) is 1. The number of amides is 2. The maximum atomic E-state index is 11.9. The predicted molar refractivity (Wildman–Crippen MR) is 75.5 cm³/mol. The fourth-order valence-corrected chi connectivity index (χ4v) is 2.31. The van der Waals surface area contributed by atoms with Crippen LogP contribution in [0.1, 0.15) is 52.9 Å². The summed E-state index contributed by atoms with van der Waals surface area (Å²) in [7, 11) is 0. The van der Waals surface area contributed by atoms with Gasteiger partial charge in [-0.05, 0) is 46.5 Å². The van der Waals surface area contributed by atoms with Gasteiger partial charge in [0.1, 0.15) is 0 Å². The minimum absolute atomic E-state index is 0.0292. The van der Waals surface area contributed by atoms with Crippen LogP contribution >= 0.6 is 0 Å². The van der Waals surface area contributed by atoms with E-state index in [1.54, 1.807) is 0 Å². The molecule has 1 fully saturated rings. The molecule has 0 radical (unpaired) electrons. The Kier molecular flexibility index (Phi) is 5.79. The monoisotopic (exact) mass is 269 g/mol. The van der Waals surface area contributed by atoms with Gasteiger partial charge in [-0.1, -0.05) is 0 Å². The first-order chi connectivity index (χ1) is 8.78. The van der Waals surface area contributed by atoms with Crippen LogP contribution in [0, 0.1) is 5.92 Å². The Balaban J connectivity index is 2.18. The number of nitrogens with one attached hydrogen (secondary N) is 2. The summed E-state index contributed by atoms with van der Waals surface area (Å²) in [6.45, 7) is 6.22. The van der Waals surface area contributed by atoms with Crippen molar-refractivity contribution in [2.45, 2.75) is 64.5 Å². The van der Waals surface area contributed by atoms with Crippen LogP contribution in [-0.2, 0) is 9.59 Å². The molecule has 0 heterocycles. The zero-order valence-corrected chi connectivity index (χ0v) is 12.3. The maximum absolute atomic E-state index is 11.9. The minimum Gasteiger partial charge on any atom is -0.355 e. The quantitative estimate of drug-likeness (QED) is 0.709. The van der Waals surface area contributed by atoms with Crippen molar-refractivity contribution in [3.63, 3.8) is 0 Å². The van der Waals surface area contributed by atoms with Crippen molar-refractivity contribution in [3.05, 3.63) is 0 Å². The zero-order valence-electron chi connectivity index (χ0n) is 12.3. The second-order valence-electron chi connectivity index (χ2n) is 6.45. The highest BCUT2D eigenvalue weighted by atomic mass is 16.2. The van der Waals surface area contributed by atoms with Crippen LogP contribution in [0.25, 0.3) is 0 Å². The second-order valence-corrected chi connectivity index (χ2v) is 6.45. The number of hydrogen-bond acceptors (Lipinski definition) is 3. The summed E-state index contributed by atoms with van der Waals surface area (Å²) in [5.74, 6) is 0.111. The van der Waals surface area contributed by atoms with Gasteiger partial charge in [-0.3, -0.25) is 9.59 Å². The molecular formula is C14H27N3O2. The van der Waals surface area contributed by atoms with Gasteiger partial charge < -0.3 is 16.4 Å². The standard InChI is InChI=1S/C14H27N3O2/c1-14(2,3)17-12(18)8-9-16-13(19)10-4-6-11(15)7-5-10/h10-11H,4-9,15H2,1-3H3,(H,16,19)(H,17,18). The van der Waals surface area contributed by atoms with E-state index in [1.165, 1.54) is 0 Å². The molecule has 0 aliphatic heterocycles. The fraction of sp³-hybridized carbons (Fsp3) is 0.857. The first-order valence-corrected chi connectivity index (χ1v) is 7.12. The molecule has 1 rings (SSSR count). The van der Waals surface area contributed by atoms with Gasteiger partial charge in [-0.25, -0.2) is 0 Å². The van der Waals surface area contributed by atoms with Crippen LogP contribution < -0.4 is 16.4 Å². The minimum atomic E-state index is -0.222. The number of rotatable bonds is 4. The Morgan fingerprint density at radius 1 is 1.16 bits per heavy atom. The average Bonchev–Trinajstić information content (AvgIpc) is 2.27. The van der Waals surface area contributed by atoms with Gasteiger partial charge in [0.2, 0.25) is 11.8 Å². The van der Waals surface area contributed by atoms with Crippen molar-refractivity contribution < 1.29 is 9.59 Å². The van der Waals surface area contributed by atoms with E-state index in [1.807, 2.05) is 20.8 Å². The molecule has 5 heteroatoms. The molecule has 1 aliphatic carbocycles. The van der Waals surface area contributed by atoms with Crippen LogP contribution in [0.2, 0.25) is 0 Å². The third-order valence-electron chi connectivity index (χ3n) is 3.31. The van der Waals surface area contributed by atoms with Crippen molar-refractivity contribution in [3.8, 4) is 0 Å². The highest BCUT2D eigenvalue weighted by Gasteiger charge is 2.24. The summed E-state index contributed by atoms with van der Waals surface area (Å²) in [5.41, 5.74) is 5.59. The van der Waals surface area contributed by atoms with E-state index >= 15 is 0 Å². The summed E-state index contributed by atoms with van der Waals surface area (Å²) in [6, 6.07) is 0.251. The van der Waals surface area contributed by atoms with Gasteiger partial charge >= 0.3 is 0 Å². The molecule has 110 valence electrons. The van der Waals surface area contributed by atoms with Gasteiger partial charge in [0.15, 0.2) is 0 Å². The van der Waals surface area contributed by atoms with Crippen molar-refractivity contribution in [1.29, 1.82) is 0 Å². The lowest BCUT2D eigenvalue weighted by Crippen LogP contribution is -2.42. The fourth-order valence-electron chi connectivity index (χ4n) is 2.31. The molecule has 0 spiro atoms. The maximum Gasteiger partial charge on any atom is 0.223 e. The largest absolute Gasteiger partial charge is 0.355 e. The van der Waals surface area contributed by atoms with Crippen molar-refractivity contribution in [2.75, 3.05) is 6.54 Å². The molecule has 0 aromatic carbocycles. The molecule has 1 saturated carbocycles. The number of hydrogen-bond donors (Lipinski definition) is 3. The zero-order chi connectivity index (χ0) is 14.5. The third-order valence-corrected chi connectivity index (χ3v) is 3.31. The Bertz CT molecular complexity index is 315. The van der Waals surface area contributed by atoms with Gasteiger partial charge in [-0.2, -0.15) is 0 Å². The van der Waals surface area contributed by atoms with E-state index in [4.69, 9.17) is 5.73 Å². The van der Waals surface area contributed by atoms with Crippen molar-refractivity contribution in [1.82, 2.24) is 10.6 Å². The average molecular weight is 269 g/mol. The van der Waals surface area contributed by atoms with Crippen LogP contribution in [0.15, 0.2) is 0 Å². The highest BCUT2D eigenvalue weighted by molar-refractivity contribution is 5.80. The summed E-state index contributed by atoms with van der Waals surface area (Å²) in [4.78, 5) is 23.5. The van der Waals surface area contributed by atoms with E-state index in [9.17, 15) is 9.59 Å². The lowest BCUT2D eigenvalue weighted by atomic mass is 9.86. The van der Waals surface area contributed by atoms with E-state index in [-0.39, 0.29) is 29.3 Å². The molecule has 0 saturated heterocycles. The van der Waals surface area contributed by atoms with Crippen molar-refractivity contribution in [2.24, 2.45) is 11.7 Å². The Morgan fingerprint density at radius 3 is 2.26 bits per heavy atom. The number of carbonyl (C=O) groups is 2. The van der Waals surface area contributed by atoms with E-state index < -0.39 is 0 Å². The van der Waals surface area contributed by atoms with Gasteiger partial charge in [0.05, 0.1) is 0 Å². The molecule has 0 aromatic rings.